The Bertz CT molecular complexity index is 470. The Labute approximate surface area is 103 Å². The SMILES string of the molecule is CCC(CC)CC(N)c1coc2ccccc12. The Morgan fingerprint density at radius 3 is 2.59 bits per heavy atom. The largest absolute Gasteiger partial charge is 0.464 e. The van der Waals surface area contributed by atoms with Crippen LogP contribution in [0.1, 0.15) is 44.7 Å². The van der Waals surface area contributed by atoms with E-state index in [2.05, 4.69) is 19.9 Å². The summed E-state index contributed by atoms with van der Waals surface area (Å²) in [6.07, 6.45) is 5.24. The van der Waals surface area contributed by atoms with Gasteiger partial charge in [-0.3, -0.25) is 0 Å². The Morgan fingerprint density at radius 1 is 1.18 bits per heavy atom. The van der Waals surface area contributed by atoms with Crippen LogP contribution in [0.3, 0.4) is 0 Å². The van der Waals surface area contributed by atoms with Gasteiger partial charge in [-0.1, -0.05) is 44.9 Å². The van der Waals surface area contributed by atoms with E-state index in [-0.39, 0.29) is 6.04 Å². The Morgan fingerprint density at radius 2 is 1.88 bits per heavy atom. The van der Waals surface area contributed by atoms with E-state index < -0.39 is 0 Å². The molecule has 2 rings (SSSR count). The lowest BCUT2D eigenvalue weighted by Crippen LogP contribution is -2.14. The van der Waals surface area contributed by atoms with E-state index in [0.717, 1.165) is 23.0 Å². The van der Waals surface area contributed by atoms with Gasteiger partial charge in [0, 0.05) is 17.0 Å². The van der Waals surface area contributed by atoms with Crippen molar-refractivity contribution in [3.8, 4) is 0 Å². The lowest BCUT2D eigenvalue weighted by atomic mass is 9.91. The molecule has 0 bridgehead atoms. The van der Waals surface area contributed by atoms with Crippen LogP contribution in [0.25, 0.3) is 11.0 Å². The van der Waals surface area contributed by atoms with Crippen molar-refractivity contribution < 1.29 is 4.42 Å². The van der Waals surface area contributed by atoms with Crippen LogP contribution in [-0.4, -0.2) is 0 Å². The molecule has 92 valence electrons. The molecule has 2 N–H and O–H groups in total. The maximum Gasteiger partial charge on any atom is 0.134 e. The quantitative estimate of drug-likeness (QED) is 0.835. The van der Waals surface area contributed by atoms with Crippen LogP contribution in [0.5, 0.6) is 0 Å². The van der Waals surface area contributed by atoms with Crippen molar-refractivity contribution in [1.29, 1.82) is 0 Å². The molecule has 1 aromatic carbocycles. The predicted octanol–water partition coefficient (Wildman–Crippen LogP) is 4.26. The molecule has 0 saturated carbocycles. The molecule has 1 unspecified atom stereocenters. The molecule has 17 heavy (non-hydrogen) atoms. The number of fused-ring (bicyclic) bond motifs is 1. The number of nitrogens with two attached hydrogens (primary N) is 1. The van der Waals surface area contributed by atoms with Gasteiger partial charge in [0.25, 0.3) is 0 Å². The van der Waals surface area contributed by atoms with Gasteiger partial charge >= 0.3 is 0 Å². The molecule has 1 heterocycles. The summed E-state index contributed by atoms with van der Waals surface area (Å²) in [6, 6.07) is 8.18. The van der Waals surface area contributed by atoms with Gasteiger partial charge in [0.15, 0.2) is 0 Å². The third kappa shape index (κ3) is 2.52. The highest BCUT2D eigenvalue weighted by Crippen LogP contribution is 2.30. The van der Waals surface area contributed by atoms with Crippen LogP contribution < -0.4 is 5.73 Å². The molecule has 0 aliphatic carbocycles. The standard InChI is InChI=1S/C15H21NO/c1-3-11(4-2)9-14(16)13-10-17-15-8-6-5-7-12(13)15/h5-8,10-11,14H,3-4,9,16H2,1-2H3. The maximum atomic E-state index is 6.30. The summed E-state index contributed by atoms with van der Waals surface area (Å²) in [5, 5.41) is 1.16. The van der Waals surface area contributed by atoms with Gasteiger partial charge in [0.05, 0.1) is 6.26 Å². The lowest BCUT2D eigenvalue weighted by Gasteiger charge is -2.17. The summed E-state index contributed by atoms with van der Waals surface area (Å²) in [4.78, 5) is 0. The van der Waals surface area contributed by atoms with E-state index in [1.54, 1.807) is 0 Å². The second kappa shape index (κ2) is 5.37. The van der Waals surface area contributed by atoms with Gasteiger partial charge in [-0.2, -0.15) is 0 Å². The van der Waals surface area contributed by atoms with Crippen LogP contribution >= 0.6 is 0 Å². The van der Waals surface area contributed by atoms with E-state index in [1.807, 2.05) is 24.5 Å². The lowest BCUT2D eigenvalue weighted by molar-refractivity contribution is 0.413. The first-order valence-corrected chi connectivity index (χ1v) is 6.48. The summed E-state index contributed by atoms with van der Waals surface area (Å²) in [7, 11) is 0. The minimum atomic E-state index is 0.0866. The molecule has 2 aromatic rings. The van der Waals surface area contributed by atoms with Gasteiger partial charge in [-0.15, -0.1) is 0 Å². The van der Waals surface area contributed by atoms with E-state index in [0.29, 0.717) is 5.92 Å². The van der Waals surface area contributed by atoms with Gasteiger partial charge in [-0.25, -0.2) is 0 Å². The van der Waals surface area contributed by atoms with Crippen molar-refractivity contribution in [3.05, 3.63) is 36.1 Å². The fraction of sp³-hybridized carbons (Fsp3) is 0.467. The fourth-order valence-electron chi connectivity index (χ4n) is 2.39. The monoisotopic (exact) mass is 231 g/mol. The van der Waals surface area contributed by atoms with Gasteiger partial charge in [-0.05, 0) is 18.4 Å². The van der Waals surface area contributed by atoms with Crippen molar-refractivity contribution in [2.45, 2.75) is 39.2 Å². The number of para-hydroxylation sites is 1. The first-order chi connectivity index (χ1) is 8.26. The first kappa shape index (κ1) is 12.2. The van der Waals surface area contributed by atoms with Gasteiger partial charge < -0.3 is 10.2 Å². The highest BCUT2D eigenvalue weighted by molar-refractivity contribution is 5.81. The summed E-state index contributed by atoms with van der Waals surface area (Å²) >= 11 is 0. The zero-order valence-electron chi connectivity index (χ0n) is 10.6. The molecule has 0 spiro atoms. The van der Waals surface area contributed by atoms with Crippen LogP contribution in [0, 0.1) is 5.92 Å². The number of hydrogen-bond donors (Lipinski definition) is 1. The third-order valence-corrected chi connectivity index (χ3v) is 3.65. The van der Waals surface area contributed by atoms with Gasteiger partial charge in [0.1, 0.15) is 5.58 Å². The van der Waals surface area contributed by atoms with Crippen molar-refractivity contribution in [1.82, 2.24) is 0 Å². The van der Waals surface area contributed by atoms with Crippen molar-refractivity contribution in [3.63, 3.8) is 0 Å². The molecular formula is C15H21NO. The third-order valence-electron chi connectivity index (χ3n) is 3.65. The van der Waals surface area contributed by atoms with Crippen LogP contribution in [0.2, 0.25) is 0 Å². The average molecular weight is 231 g/mol. The molecule has 0 fully saturated rings. The molecule has 0 saturated heterocycles. The summed E-state index contributed by atoms with van der Waals surface area (Å²) in [5.74, 6) is 0.707. The minimum absolute atomic E-state index is 0.0866. The molecule has 1 atom stereocenters. The van der Waals surface area contributed by atoms with E-state index >= 15 is 0 Å². The average Bonchev–Trinajstić information content (AvgIpc) is 2.79. The van der Waals surface area contributed by atoms with Crippen molar-refractivity contribution in [2.75, 3.05) is 0 Å². The first-order valence-electron chi connectivity index (χ1n) is 6.48. The highest BCUT2D eigenvalue weighted by atomic mass is 16.3. The van der Waals surface area contributed by atoms with Crippen LogP contribution in [0.15, 0.2) is 34.9 Å². The molecule has 2 heteroatoms. The summed E-state index contributed by atoms with van der Waals surface area (Å²) < 4.78 is 5.54. The molecule has 0 aliphatic rings. The molecule has 1 aromatic heterocycles. The fourth-order valence-corrected chi connectivity index (χ4v) is 2.39. The number of rotatable bonds is 5. The second-order valence-electron chi connectivity index (χ2n) is 4.71. The molecular weight excluding hydrogens is 210 g/mol. The molecule has 0 amide bonds. The van der Waals surface area contributed by atoms with Crippen LogP contribution in [-0.2, 0) is 0 Å². The predicted molar refractivity (Wildman–Crippen MR) is 71.8 cm³/mol. The van der Waals surface area contributed by atoms with E-state index in [9.17, 15) is 0 Å². The number of furan rings is 1. The number of benzene rings is 1. The van der Waals surface area contributed by atoms with Crippen molar-refractivity contribution in [2.24, 2.45) is 11.7 Å². The van der Waals surface area contributed by atoms with Crippen LogP contribution in [0.4, 0.5) is 0 Å². The maximum absolute atomic E-state index is 6.30. The second-order valence-corrected chi connectivity index (χ2v) is 4.71. The molecule has 0 radical (unpaired) electrons. The zero-order valence-corrected chi connectivity index (χ0v) is 10.6. The Hall–Kier alpha value is -1.28. The topological polar surface area (TPSA) is 39.2 Å². The molecule has 0 aliphatic heterocycles. The van der Waals surface area contributed by atoms with Crippen molar-refractivity contribution >= 4 is 11.0 Å². The summed E-state index contributed by atoms with van der Waals surface area (Å²) in [6.45, 7) is 4.46. The van der Waals surface area contributed by atoms with Gasteiger partial charge in [0.2, 0.25) is 0 Å². The highest BCUT2D eigenvalue weighted by Gasteiger charge is 2.16. The minimum Gasteiger partial charge on any atom is -0.464 e. The number of hydrogen-bond acceptors (Lipinski definition) is 2. The normalized spacial score (nSPS) is 13.4. The Kier molecular flexibility index (Phi) is 3.85. The van der Waals surface area contributed by atoms with E-state index in [4.69, 9.17) is 10.2 Å². The van der Waals surface area contributed by atoms with E-state index in [1.165, 1.54) is 12.8 Å². The zero-order chi connectivity index (χ0) is 12.3. The summed E-state index contributed by atoms with van der Waals surface area (Å²) in [5.41, 5.74) is 8.38. The Balaban J connectivity index is 2.21. The smallest absolute Gasteiger partial charge is 0.134 e. The molecule has 2 nitrogen and oxygen atoms in total.